The van der Waals surface area contributed by atoms with E-state index in [4.69, 9.17) is 14.9 Å². The molecule has 0 aliphatic heterocycles. The van der Waals surface area contributed by atoms with Gasteiger partial charge in [0.05, 0.1) is 0 Å². The van der Waals surface area contributed by atoms with Gasteiger partial charge in [-0.1, -0.05) is 25.5 Å². The second-order valence-corrected chi connectivity index (χ2v) is 3.43. The van der Waals surface area contributed by atoms with E-state index in [1.54, 1.807) is 12.1 Å². The Morgan fingerprint density at radius 3 is 2.21 bits per heavy atom. The molecule has 0 radical (unpaired) electrons. The lowest BCUT2D eigenvalue weighted by molar-refractivity contribution is -0.277. The van der Waals surface area contributed by atoms with Gasteiger partial charge in [-0.05, 0) is 24.1 Å². The zero-order valence-electron chi connectivity index (χ0n) is 8.53. The molecular formula is C11H16O3. The molecule has 14 heavy (non-hydrogen) atoms. The van der Waals surface area contributed by atoms with Gasteiger partial charge in [0.15, 0.2) is 0 Å². The van der Waals surface area contributed by atoms with Gasteiger partial charge in [-0.2, -0.15) is 0 Å². The summed E-state index contributed by atoms with van der Waals surface area (Å²) in [6.07, 6.45) is 2.12. The van der Waals surface area contributed by atoms with E-state index in [0.29, 0.717) is 5.75 Å². The van der Waals surface area contributed by atoms with E-state index >= 15 is 0 Å². The Kier molecular flexibility index (Phi) is 3.49. The van der Waals surface area contributed by atoms with Crippen LogP contribution < -0.4 is 4.74 Å². The molecular weight excluding hydrogens is 180 g/mol. The van der Waals surface area contributed by atoms with Crippen LogP contribution in [0, 0.1) is 0 Å². The van der Waals surface area contributed by atoms with E-state index in [1.165, 1.54) is 12.5 Å². The Morgan fingerprint density at radius 1 is 1.21 bits per heavy atom. The normalized spacial score (nSPS) is 11.4. The molecule has 0 atom stereocenters. The molecule has 0 saturated heterocycles. The summed E-state index contributed by atoms with van der Waals surface area (Å²) in [5.74, 6) is -1.65. The van der Waals surface area contributed by atoms with E-state index in [1.807, 2.05) is 12.1 Å². The van der Waals surface area contributed by atoms with Crippen LogP contribution in [0.5, 0.6) is 5.75 Å². The van der Waals surface area contributed by atoms with Crippen LogP contribution in [0.2, 0.25) is 0 Å². The van der Waals surface area contributed by atoms with E-state index < -0.39 is 5.97 Å². The van der Waals surface area contributed by atoms with Crippen molar-refractivity contribution in [3.8, 4) is 5.75 Å². The first-order chi connectivity index (χ1) is 6.51. The molecule has 0 fully saturated rings. The van der Waals surface area contributed by atoms with Gasteiger partial charge in [0.1, 0.15) is 5.75 Å². The van der Waals surface area contributed by atoms with E-state index in [9.17, 15) is 0 Å². The lowest BCUT2D eigenvalue weighted by Gasteiger charge is -2.17. The second kappa shape index (κ2) is 4.44. The monoisotopic (exact) mass is 196 g/mol. The second-order valence-electron chi connectivity index (χ2n) is 3.43. The Balaban J connectivity index is 2.64. The highest BCUT2D eigenvalue weighted by Gasteiger charge is 2.16. The average Bonchev–Trinajstić information content (AvgIpc) is 2.06. The first-order valence-electron chi connectivity index (χ1n) is 4.74. The zero-order valence-corrected chi connectivity index (χ0v) is 8.53. The Labute approximate surface area is 84.0 Å². The summed E-state index contributed by atoms with van der Waals surface area (Å²) in [4.78, 5) is 0. The van der Waals surface area contributed by atoms with Crippen molar-refractivity contribution >= 4 is 0 Å². The predicted octanol–water partition coefficient (Wildman–Crippen LogP) is 1.68. The van der Waals surface area contributed by atoms with Crippen molar-refractivity contribution in [2.45, 2.75) is 32.7 Å². The summed E-state index contributed by atoms with van der Waals surface area (Å²) >= 11 is 0. The molecule has 3 nitrogen and oxygen atoms in total. The highest BCUT2D eigenvalue weighted by Crippen LogP contribution is 2.16. The molecule has 0 unspecified atom stereocenters. The Morgan fingerprint density at radius 2 is 1.79 bits per heavy atom. The summed E-state index contributed by atoms with van der Waals surface area (Å²) in [6, 6.07) is 7.31. The van der Waals surface area contributed by atoms with Gasteiger partial charge in [-0.25, -0.2) is 0 Å². The maximum atomic E-state index is 8.98. The van der Waals surface area contributed by atoms with Crippen LogP contribution in [0.1, 0.15) is 25.8 Å². The molecule has 78 valence electrons. The number of benzene rings is 1. The van der Waals surface area contributed by atoms with Crippen molar-refractivity contribution in [2.24, 2.45) is 0 Å². The third kappa shape index (κ3) is 3.77. The van der Waals surface area contributed by atoms with Crippen LogP contribution in [-0.2, 0) is 6.42 Å². The number of aliphatic hydroxyl groups is 2. The van der Waals surface area contributed by atoms with Crippen LogP contribution in [0.4, 0.5) is 0 Å². The fourth-order valence-corrected chi connectivity index (χ4v) is 1.24. The highest BCUT2D eigenvalue weighted by atomic mass is 16.8. The lowest BCUT2D eigenvalue weighted by atomic mass is 10.1. The number of hydrogen-bond donors (Lipinski definition) is 2. The van der Waals surface area contributed by atoms with Crippen LogP contribution in [0.25, 0.3) is 0 Å². The van der Waals surface area contributed by atoms with Crippen LogP contribution in [-0.4, -0.2) is 16.2 Å². The van der Waals surface area contributed by atoms with Crippen molar-refractivity contribution in [1.82, 2.24) is 0 Å². The minimum Gasteiger partial charge on any atom is -0.439 e. The summed E-state index contributed by atoms with van der Waals surface area (Å²) in [5, 5.41) is 18.0. The van der Waals surface area contributed by atoms with Gasteiger partial charge in [0.2, 0.25) is 0 Å². The van der Waals surface area contributed by atoms with E-state index in [-0.39, 0.29) is 0 Å². The molecule has 0 amide bonds. The molecule has 0 aliphatic carbocycles. The molecule has 0 bridgehead atoms. The largest absolute Gasteiger partial charge is 0.439 e. The van der Waals surface area contributed by atoms with Crippen molar-refractivity contribution in [3.63, 3.8) is 0 Å². The molecule has 0 aromatic heterocycles. The summed E-state index contributed by atoms with van der Waals surface area (Å²) in [7, 11) is 0. The van der Waals surface area contributed by atoms with Crippen molar-refractivity contribution < 1.29 is 14.9 Å². The fourth-order valence-electron chi connectivity index (χ4n) is 1.24. The van der Waals surface area contributed by atoms with Gasteiger partial charge in [-0.3, -0.25) is 0 Å². The van der Waals surface area contributed by atoms with Crippen LogP contribution in [0.3, 0.4) is 0 Å². The molecule has 2 N–H and O–H groups in total. The third-order valence-corrected chi connectivity index (χ3v) is 1.77. The van der Waals surface area contributed by atoms with E-state index in [0.717, 1.165) is 12.8 Å². The zero-order chi connectivity index (χ0) is 10.6. The highest BCUT2D eigenvalue weighted by molar-refractivity contribution is 5.27. The Hall–Kier alpha value is -1.06. The van der Waals surface area contributed by atoms with E-state index in [2.05, 4.69) is 6.92 Å². The first kappa shape index (κ1) is 11.0. The summed E-state index contributed by atoms with van der Waals surface area (Å²) < 4.78 is 4.85. The van der Waals surface area contributed by atoms with Gasteiger partial charge in [0.25, 0.3) is 0 Å². The number of hydrogen-bond acceptors (Lipinski definition) is 3. The molecule has 3 heteroatoms. The maximum absolute atomic E-state index is 8.98. The van der Waals surface area contributed by atoms with Crippen LogP contribution in [0.15, 0.2) is 24.3 Å². The van der Waals surface area contributed by atoms with Crippen molar-refractivity contribution in [2.75, 3.05) is 0 Å². The van der Waals surface area contributed by atoms with Crippen molar-refractivity contribution in [3.05, 3.63) is 29.8 Å². The molecule has 1 rings (SSSR count). The van der Waals surface area contributed by atoms with Gasteiger partial charge >= 0.3 is 5.97 Å². The summed E-state index contributed by atoms with van der Waals surface area (Å²) in [6.45, 7) is 3.29. The van der Waals surface area contributed by atoms with Gasteiger partial charge in [0, 0.05) is 6.92 Å². The predicted molar refractivity (Wildman–Crippen MR) is 53.9 cm³/mol. The minimum atomic E-state index is -2.10. The minimum absolute atomic E-state index is 0.456. The maximum Gasteiger partial charge on any atom is 0.318 e. The molecule has 0 aliphatic rings. The fraction of sp³-hybridized carbons (Fsp3) is 0.455. The quantitative estimate of drug-likeness (QED) is 0.720. The average molecular weight is 196 g/mol. The standard InChI is InChI=1S/C11H16O3/c1-3-4-9-5-7-10(8-6-9)14-11(2,12)13/h5-8,12-13H,3-4H2,1-2H3. The lowest BCUT2D eigenvalue weighted by Crippen LogP contribution is -2.30. The smallest absolute Gasteiger partial charge is 0.318 e. The van der Waals surface area contributed by atoms with Gasteiger partial charge < -0.3 is 14.9 Å². The Bertz CT molecular complexity index is 272. The molecule has 0 saturated carbocycles. The third-order valence-electron chi connectivity index (χ3n) is 1.77. The number of ether oxygens (including phenoxy) is 1. The summed E-state index contributed by atoms with van der Waals surface area (Å²) in [5.41, 5.74) is 1.22. The van der Waals surface area contributed by atoms with Crippen molar-refractivity contribution in [1.29, 1.82) is 0 Å². The molecule has 1 aromatic rings. The van der Waals surface area contributed by atoms with Gasteiger partial charge in [-0.15, -0.1) is 0 Å². The molecule has 0 heterocycles. The number of rotatable bonds is 4. The molecule has 0 spiro atoms. The first-order valence-corrected chi connectivity index (χ1v) is 4.74. The topological polar surface area (TPSA) is 49.7 Å². The SMILES string of the molecule is CCCc1ccc(OC(C)(O)O)cc1. The molecule has 1 aromatic carbocycles. The number of aryl methyl sites for hydroxylation is 1. The van der Waals surface area contributed by atoms with Crippen LogP contribution >= 0.6 is 0 Å².